The largest absolute Gasteiger partial charge is 0.387 e. The second kappa shape index (κ2) is 3.35. The standard InChI is InChI=1S/C7H7NOS/c8-3-1-7(9)6-2-4-10-5-6/h2,4-5,7,9H,1H2/t7-/m0/s1. The fraction of sp³-hybridized carbons (Fsp3) is 0.286. The van der Waals surface area contributed by atoms with Gasteiger partial charge in [0, 0.05) is 0 Å². The molecule has 52 valence electrons. The predicted molar refractivity (Wildman–Crippen MR) is 39.5 cm³/mol. The van der Waals surface area contributed by atoms with Crippen molar-refractivity contribution in [2.45, 2.75) is 12.5 Å². The maximum Gasteiger partial charge on any atom is 0.0927 e. The first-order valence-corrected chi connectivity index (χ1v) is 3.86. The van der Waals surface area contributed by atoms with Crippen LogP contribution >= 0.6 is 11.3 Å². The summed E-state index contributed by atoms with van der Waals surface area (Å²) in [4.78, 5) is 0. The van der Waals surface area contributed by atoms with Gasteiger partial charge in [-0.2, -0.15) is 16.6 Å². The molecule has 0 fully saturated rings. The molecule has 0 bridgehead atoms. The number of nitrogens with zero attached hydrogens (tertiary/aromatic N) is 1. The molecule has 1 N–H and O–H groups in total. The molecule has 0 aliphatic carbocycles. The van der Waals surface area contributed by atoms with Gasteiger partial charge in [-0.3, -0.25) is 0 Å². The van der Waals surface area contributed by atoms with E-state index >= 15 is 0 Å². The van der Waals surface area contributed by atoms with Crippen LogP contribution in [-0.4, -0.2) is 5.11 Å². The zero-order chi connectivity index (χ0) is 7.40. The highest BCUT2D eigenvalue weighted by Gasteiger charge is 2.05. The smallest absolute Gasteiger partial charge is 0.0927 e. The number of hydrogen-bond donors (Lipinski definition) is 1. The maximum atomic E-state index is 9.19. The van der Waals surface area contributed by atoms with Gasteiger partial charge in [0.1, 0.15) is 0 Å². The van der Waals surface area contributed by atoms with Gasteiger partial charge in [0.25, 0.3) is 0 Å². The normalized spacial score (nSPS) is 12.4. The minimum atomic E-state index is -0.601. The van der Waals surface area contributed by atoms with E-state index in [1.807, 2.05) is 22.9 Å². The summed E-state index contributed by atoms with van der Waals surface area (Å²) in [7, 11) is 0. The average Bonchev–Trinajstić information content (AvgIpc) is 2.38. The van der Waals surface area contributed by atoms with Gasteiger partial charge in [0.2, 0.25) is 0 Å². The fourth-order valence-corrected chi connectivity index (χ4v) is 1.38. The van der Waals surface area contributed by atoms with E-state index in [0.29, 0.717) is 0 Å². The van der Waals surface area contributed by atoms with Crippen molar-refractivity contribution in [1.29, 1.82) is 5.26 Å². The van der Waals surface area contributed by atoms with Gasteiger partial charge in [-0.1, -0.05) is 0 Å². The topological polar surface area (TPSA) is 44.0 Å². The molecule has 0 radical (unpaired) electrons. The van der Waals surface area contributed by atoms with Gasteiger partial charge in [-0.15, -0.1) is 0 Å². The third-order valence-corrected chi connectivity index (χ3v) is 1.91. The van der Waals surface area contributed by atoms with Crippen LogP contribution in [0.25, 0.3) is 0 Å². The molecule has 1 aromatic heterocycles. The van der Waals surface area contributed by atoms with E-state index in [1.165, 1.54) is 11.3 Å². The molecule has 0 saturated heterocycles. The molecule has 1 aromatic rings. The Bertz CT molecular complexity index is 224. The van der Waals surface area contributed by atoms with Gasteiger partial charge < -0.3 is 5.11 Å². The van der Waals surface area contributed by atoms with Crippen LogP contribution in [0, 0.1) is 11.3 Å². The van der Waals surface area contributed by atoms with E-state index in [9.17, 15) is 5.11 Å². The number of thiophene rings is 1. The first-order chi connectivity index (χ1) is 4.84. The minimum Gasteiger partial charge on any atom is -0.387 e. The van der Waals surface area contributed by atoms with E-state index in [1.54, 1.807) is 0 Å². The van der Waals surface area contributed by atoms with Crippen LogP contribution in [0.15, 0.2) is 16.8 Å². The Morgan fingerprint density at radius 1 is 1.80 bits per heavy atom. The second-order valence-electron chi connectivity index (χ2n) is 1.93. The van der Waals surface area contributed by atoms with E-state index in [2.05, 4.69) is 0 Å². The molecule has 1 atom stereocenters. The fourth-order valence-electron chi connectivity index (χ4n) is 0.669. The summed E-state index contributed by atoms with van der Waals surface area (Å²) in [5, 5.41) is 21.2. The van der Waals surface area contributed by atoms with Crippen molar-refractivity contribution < 1.29 is 5.11 Å². The Morgan fingerprint density at radius 2 is 2.60 bits per heavy atom. The summed E-state index contributed by atoms with van der Waals surface area (Å²) >= 11 is 1.52. The van der Waals surface area contributed by atoms with Crippen molar-refractivity contribution in [2.24, 2.45) is 0 Å². The lowest BCUT2D eigenvalue weighted by Gasteiger charge is -2.00. The Labute approximate surface area is 63.4 Å². The van der Waals surface area contributed by atoms with Crippen molar-refractivity contribution in [2.75, 3.05) is 0 Å². The number of aliphatic hydroxyl groups excluding tert-OH is 1. The van der Waals surface area contributed by atoms with Crippen LogP contribution in [0.1, 0.15) is 18.1 Å². The molecule has 0 aromatic carbocycles. The highest BCUT2D eigenvalue weighted by Crippen LogP contribution is 2.18. The van der Waals surface area contributed by atoms with Crippen LogP contribution in [0.5, 0.6) is 0 Å². The minimum absolute atomic E-state index is 0.177. The first kappa shape index (κ1) is 7.26. The summed E-state index contributed by atoms with van der Waals surface area (Å²) < 4.78 is 0. The average molecular weight is 153 g/mol. The predicted octanol–water partition coefficient (Wildman–Crippen LogP) is 1.70. The van der Waals surface area contributed by atoms with Crippen LogP contribution in [-0.2, 0) is 0 Å². The Hall–Kier alpha value is -0.850. The number of aliphatic hydroxyl groups is 1. The zero-order valence-electron chi connectivity index (χ0n) is 5.32. The molecule has 1 heterocycles. The lowest BCUT2D eigenvalue weighted by molar-refractivity contribution is 0.184. The molecule has 3 heteroatoms. The molecule has 0 aliphatic heterocycles. The second-order valence-corrected chi connectivity index (χ2v) is 2.71. The molecule has 1 rings (SSSR count). The van der Waals surface area contributed by atoms with Crippen molar-refractivity contribution in [3.63, 3.8) is 0 Å². The van der Waals surface area contributed by atoms with Crippen molar-refractivity contribution in [3.8, 4) is 6.07 Å². The summed E-state index contributed by atoms with van der Waals surface area (Å²) in [6, 6.07) is 3.74. The number of hydrogen-bond acceptors (Lipinski definition) is 3. The van der Waals surface area contributed by atoms with Crippen LogP contribution in [0.4, 0.5) is 0 Å². The molecule has 0 amide bonds. The molecule has 0 saturated carbocycles. The quantitative estimate of drug-likeness (QED) is 0.702. The van der Waals surface area contributed by atoms with Crippen LogP contribution in [0.2, 0.25) is 0 Å². The van der Waals surface area contributed by atoms with Gasteiger partial charge in [0.15, 0.2) is 0 Å². The third-order valence-electron chi connectivity index (χ3n) is 1.21. The monoisotopic (exact) mass is 153 g/mol. The van der Waals surface area contributed by atoms with Crippen molar-refractivity contribution in [1.82, 2.24) is 0 Å². The Morgan fingerprint density at radius 3 is 3.10 bits per heavy atom. The molecular formula is C7H7NOS. The summed E-state index contributed by atoms with van der Waals surface area (Å²) in [5.41, 5.74) is 0.839. The van der Waals surface area contributed by atoms with Gasteiger partial charge in [0.05, 0.1) is 18.6 Å². The lowest BCUT2D eigenvalue weighted by Crippen LogP contribution is -1.92. The first-order valence-electron chi connectivity index (χ1n) is 2.91. The van der Waals surface area contributed by atoms with Gasteiger partial charge in [-0.05, 0) is 22.4 Å². The maximum absolute atomic E-state index is 9.19. The van der Waals surface area contributed by atoms with Gasteiger partial charge in [-0.25, -0.2) is 0 Å². The zero-order valence-corrected chi connectivity index (χ0v) is 6.14. The summed E-state index contributed by atoms with van der Waals surface area (Å²) in [5.74, 6) is 0. The molecule has 0 aliphatic rings. The van der Waals surface area contributed by atoms with Crippen LogP contribution < -0.4 is 0 Å². The molecule has 0 unspecified atom stereocenters. The van der Waals surface area contributed by atoms with Crippen molar-refractivity contribution in [3.05, 3.63) is 22.4 Å². The van der Waals surface area contributed by atoms with E-state index in [4.69, 9.17) is 5.26 Å². The van der Waals surface area contributed by atoms with Crippen LogP contribution in [0.3, 0.4) is 0 Å². The molecule has 10 heavy (non-hydrogen) atoms. The summed E-state index contributed by atoms with van der Waals surface area (Å²) in [6.07, 6.45) is -0.423. The van der Waals surface area contributed by atoms with E-state index < -0.39 is 6.10 Å². The number of nitriles is 1. The molecule has 0 spiro atoms. The Kier molecular flexibility index (Phi) is 2.43. The Balaban J connectivity index is 2.61. The molecular weight excluding hydrogens is 146 g/mol. The van der Waals surface area contributed by atoms with E-state index in [-0.39, 0.29) is 6.42 Å². The van der Waals surface area contributed by atoms with Gasteiger partial charge >= 0.3 is 0 Å². The van der Waals surface area contributed by atoms with E-state index in [0.717, 1.165) is 5.56 Å². The third kappa shape index (κ3) is 1.56. The van der Waals surface area contributed by atoms with Crippen molar-refractivity contribution >= 4 is 11.3 Å². The SMILES string of the molecule is N#CC[C@H](O)c1ccsc1. The highest BCUT2D eigenvalue weighted by molar-refractivity contribution is 7.07. The number of rotatable bonds is 2. The lowest BCUT2D eigenvalue weighted by atomic mass is 10.1. The summed E-state index contributed by atoms with van der Waals surface area (Å²) in [6.45, 7) is 0. The molecule has 2 nitrogen and oxygen atoms in total. The highest BCUT2D eigenvalue weighted by atomic mass is 32.1.